The van der Waals surface area contributed by atoms with Gasteiger partial charge in [-0.1, -0.05) is 33.6 Å². The molecule has 17 heavy (non-hydrogen) atoms. The molecule has 0 aliphatic rings. The van der Waals surface area contributed by atoms with Crippen molar-refractivity contribution < 1.29 is 0 Å². The fourth-order valence-electron chi connectivity index (χ4n) is 1.85. The molecule has 0 amide bonds. The number of hydrogen-bond acceptors (Lipinski definition) is 2. The van der Waals surface area contributed by atoms with E-state index in [1.54, 1.807) is 4.68 Å². The van der Waals surface area contributed by atoms with Gasteiger partial charge in [-0.3, -0.25) is 4.68 Å². The van der Waals surface area contributed by atoms with Gasteiger partial charge in [-0.15, -0.1) is 0 Å². The molecule has 1 heterocycles. The third-order valence-electron chi connectivity index (χ3n) is 2.64. The molecule has 0 aliphatic heterocycles. The van der Waals surface area contributed by atoms with Crippen molar-refractivity contribution >= 4 is 27.5 Å². The van der Waals surface area contributed by atoms with Crippen molar-refractivity contribution in [1.82, 2.24) is 15.1 Å². The molecule has 5 heteroatoms. The third kappa shape index (κ3) is 2.54. The number of halogens is 2. The number of hydrogen-bond donors (Lipinski definition) is 1. The molecule has 1 atom stereocenters. The fraction of sp³-hybridized carbons (Fsp3) is 0.250. The highest BCUT2D eigenvalue weighted by atomic mass is 79.9. The molecular formula is C12H13BrClN3. The summed E-state index contributed by atoms with van der Waals surface area (Å²) in [6, 6.07) is 5.84. The maximum atomic E-state index is 6.26. The van der Waals surface area contributed by atoms with Crippen LogP contribution in [0.4, 0.5) is 0 Å². The third-order valence-corrected chi connectivity index (χ3v) is 3.66. The van der Waals surface area contributed by atoms with Gasteiger partial charge in [0.2, 0.25) is 0 Å². The quantitative estimate of drug-likeness (QED) is 0.943. The number of aromatic nitrogens is 2. The normalized spacial score (nSPS) is 12.7. The first-order chi connectivity index (χ1) is 8.13. The summed E-state index contributed by atoms with van der Waals surface area (Å²) in [6.07, 6.45) is 3.83. The maximum Gasteiger partial charge on any atom is 0.0631 e. The van der Waals surface area contributed by atoms with E-state index in [9.17, 15) is 0 Å². The second-order valence-electron chi connectivity index (χ2n) is 3.80. The van der Waals surface area contributed by atoms with E-state index in [0.717, 1.165) is 20.6 Å². The van der Waals surface area contributed by atoms with Gasteiger partial charge < -0.3 is 5.32 Å². The summed E-state index contributed by atoms with van der Waals surface area (Å²) < 4.78 is 2.78. The van der Waals surface area contributed by atoms with Gasteiger partial charge in [0, 0.05) is 33.9 Å². The van der Waals surface area contributed by atoms with Crippen molar-refractivity contribution in [2.45, 2.75) is 6.04 Å². The van der Waals surface area contributed by atoms with Gasteiger partial charge in [0.05, 0.1) is 12.2 Å². The number of benzene rings is 1. The molecule has 0 bridgehead atoms. The first kappa shape index (κ1) is 12.6. The molecule has 0 fully saturated rings. The van der Waals surface area contributed by atoms with Gasteiger partial charge in [0.25, 0.3) is 0 Å². The lowest BCUT2D eigenvalue weighted by Crippen LogP contribution is -2.18. The number of nitrogens with zero attached hydrogens (tertiary/aromatic N) is 2. The zero-order valence-electron chi connectivity index (χ0n) is 9.61. The average molecular weight is 315 g/mol. The molecule has 90 valence electrons. The molecule has 2 rings (SSSR count). The minimum Gasteiger partial charge on any atom is -0.309 e. The molecule has 1 N–H and O–H groups in total. The molecular weight excluding hydrogens is 302 g/mol. The van der Waals surface area contributed by atoms with E-state index in [2.05, 4.69) is 26.3 Å². The van der Waals surface area contributed by atoms with Gasteiger partial charge in [0.15, 0.2) is 0 Å². The fourth-order valence-corrected chi connectivity index (χ4v) is 2.85. The zero-order valence-corrected chi connectivity index (χ0v) is 12.0. The van der Waals surface area contributed by atoms with E-state index in [1.807, 2.05) is 44.7 Å². The first-order valence-electron chi connectivity index (χ1n) is 5.23. The largest absolute Gasteiger partial charge is 0.309 e. The van der Waals surface area contributed by atoms with Crippen molar-refractivity contribution in [2.24, 2.45) is 7.05 Å². The van der Waals surface area contributed by atoms with Gasteiger partial charge in [0.1, 0.15) is 0 Å². The lowest BCUT2D eigenvalue weighted by Gasteiger charge is -2.18. The minimum atomic E-state index is 0.0341. The van der Waals surface area contributed by atoms with Crippen molar-refractivity contribution in [1.29, 1.82) is 0 Å². The van der Waals surface area contributed by atoms with Crippen LogP contribution < -0.4 is 5.32 Å². The molecule has 0 saturated heterocycles. The Morgan fingerprint density at radius 1 is 1.47 bits per heavy atom. The summed E-state index contributed by atoms with van der Waals surface area (Å²) in [7, 11) is 3.81. The van der Waals surface area contributed by atoms with Gasteiger partial charge in [-0.2, -0.15) is 5.10 Å². The van der Waals surface area contributed by atoms with Gasteiger partial charge in [-0.05, 0) is 19.2 Å². The molecule has 1 unspecified atom stereocenters. The first-order valence-corrected chi connectivity index (χ1v) is 6.40. The monoisotopic (exact) mass is 313 g/mol. The van der Waals surface area contributed by atoms with Crippen LogP contribution >= 0.6 is 27.5 Å². The summed E-state index contributed by atoms with van der Waals surface area (Å²) in [5.74, 6) is 0. The lowest BCUT2D eigenvalue weighted by molar-refractivity contribution is 0.687. The number of nitrogens with one attached hydrogen (secondary N) is 1. The van der Waals surface area contributed by atoms with Crippen LogP contribution in [0.25, 0.3) is 0 Å². The van der Waals surface area contributed by atoms with Crippen molar-refractivity contribution in [3.8, 4) is 0 Å². The van der Waals surface area contributed by atoms with Crippen LogP contribution in [0.5, 0.6) is 0 Å². The van der Waals surface area contributed by atoms with Crippen LogP contribution in [0.2, 0.25) is 5.02 Å². The lowest BCUT2D eigenvalue weighted by atomic mass is 10.0. The summed E-state index contributed by atoms with van der Waals surface area (Å²) in [6.45, 7) is 0. The molecule has 0 aliphatic carbocycles. The van der Waals surface area contributed by atoms with Crippen LogP contribution in [0.15, 0.2) is 35.1 Å². The van der Waals surface area contributed by atoms with Crippen LogP contribution in [0.3, 0.4) is 0 Å². The van der Waals surface area contributed by atoms with E-state index >= 15 is 0 Å². The second kappa shape index (κ2) is 5.21. The Morgan fingerprint density at radius 3 is 2.76 bits per heavy atom. The van der Waals surface area contributed by atoms with Crippen molar-refractivity contribution in [3.05, 3.63) is 51.2 Å². The molecule has 0 spiro atoms. The van der Waals surface area contributed by atoms with Gasteiger partial charge in [-0.25, -0.2) is 0 Å². The maximum absolute atomic E-state index is 6.26. The molecule has 0 radical (unpaired) electrons. The smallest absolute Gasteiger partial charge is 0.0631 e. The molecule has 2 aromatic rings. The van der Waals surface area contributed by atoms with Crippen LogP contribution in [0, 0.1) is 0 Å². The van der Waals surface area contributed by atoms with E-state index in [0.29, 0.717) is 0 Å². The van der Waals surface area contributed by atoms with E-state index in [4.69, 9.17) is 11.6 Å². The van der Waals surface area contributed by atoms with Crippen LogP contribution in [0.1, 0.15) is 17.2 Å². The number of rotatable bonds is 3. The highest BCUT2D eigenvalue weighted by molar-refractivity contribution is 9.10. The molecule has 0 saturated carbocycles. The Morgan fingerprint density at radius 2 is 2.24 bits per heavy atom. The predicted octanol–water partition coefficient (Wildman–Crippen LogP) is 3.14. The Labute approximate surface area is 114 Å². The second-order valence-corrected chi connectivity index (χ2v) is 5.07. The van der Waals surface area contributed by atoms with Crippen LogP contribution in [-0.2, 0) is 7.05 Å². The topological polar surface area (TPSA) is 29.9 Å². The summed E-state index contributed by atoms with van der Waals surface area (Å²) in [5.41, 5.74) is 2.12. The molecule has 3 nitrogen and oxygen atoms in total. The Bertz CT molecular complexity index is 504. The minimum absolute atomic E-state index is 0.0341. The molecule has 1 aromatic heterocycles. The van der Waals surface area contributed by atoms with Crippen molar-refractivity contribution in [3.63, 3.8) is 0 Å². The van der Waals surface area contributed by atoms with Crippen LogP contribution in [-0.4, -0.2) is 16.8 Å². The van der Waals surface area contributed by atoms with Gasteiger partial charge >= 0.3 is 0 Å². The highest BCUT2D eigenvalue weighted by Crippen LogP contribution is 2.33. The van der Waals surface area contributed by atoms with E-state index in [-0.39, 0.29) is 6.04 Å². The Kier molecular flexibility index (Phi) is 3.86. The predicted molar refractivity (Wildman–Crippen MR) is 73.3 cm³/mol. The van der Waals surface area contributed by atoms with Crippen molar-refractivity contribution in [2.75, 3.05) is 7.05 Å². The Balaban J connectivity index is 2.49. The average Bonchev–Trinajstić information content (AvgIpc) is 2.70. The summed E-state index contributed by atoms with van der Waals surface area (Å²) in [5, 5.41) is 8.19. The molecule has 1 aromatic carbocycles. The SMILES string of the molecule is CNC(c1cnn(C)c1)c1c(Cl)cccc1Br. The standard InChI is InChI=1S/C12H13BrClN3/c1-15-12(8-6-16-17(2)7-8)11-9(13)4-3-5-10(11)14/h3-7,12,15H,1-2H3. The Hall–Kier alpha value is -0.840. The zero-order chi connectivity index (χ0) is 12.4. The highest BCUT2D eigenvalue weighted by Gasteiger charge is 2.19. The van der Waals surface area contributed by atoms with E-state index in [1.165, 1.54) is 0 Å². The van der Waals surface area contributed by atoms with E-state index < -0.39 is 0 Å². The summed E-state index contributed by atoms with van der Waals surface area (Å²) >= 11 is 9.80. The summed E-state index contributed by atoms with van der Waals surface area (Å²) in [4.78, 5) is 0. The number of aryl methyl sites for hydroxylation is 1.